The number of nitrogens with zero attached hydrogens (tertiary/aromatic N) is 2. The van der Waals surface area contributed by atoms with Crippen molar-refractivity contribution in [1.82, 2.24) is 9.97 Å². The average molecular weight is 271 g/mol. The van der Waals surface area contributed by atoms with Crippen LogP contribution >= 0.6 is 0 Å². The molecule has 0 saturated heterocycles. The largest absolute Gasteiger partial charge is 0.482 e. The number of benzene rings is 1. The van der Waals surface area contributed by atoms with Crippen LogP contribution in [0.1, 0.15) is 5.69 Å². The molecular formula is C13H13N5O2. The number of carbonyl (C=O) groups is 1. The van der Waals surface area contributed by atoms with Crippen LogP contribution < -0.4 is 21.1 Å². The van der Waals surface area contributed by atoms with Crippen molar-refractivity contribution in [2.45, 2.75) is 6.54 Å². The number of nitrogens with two attached hydrogens (primary N) is 1. The minimum Gasteiger partial charge on any atom is -0.482 e. The monoisotopic (exact) mass is 271 g/mol. The van der Waals surface area contributed by atoms with Gasteiger partial charge in [0.25, 0.3) is 5.91 Å². The van der Waals surface area contributed by atoms with Gasteiger partial charge in [0, 0.05) is 12.3 Å². The number of carbonyl (C=O) groups excluding carboxylic acids is 1. The lowest BCUT2D eigenvalue weighted by molar-refractivity contribution is -0.118. The summed E-state index contributed by atoms with van der Waals surface area (Å²) in [4.78, 5) is 19.3. The Balaban J connectivity index is 1.80. The molecular weight excluding hydrogens is 258 g/mol. The van der Waals surface area contributed by atoms with Crippen molar-refractivity contribution in [3.63, 3.8) is 0 Å². The van der Waals surface area contributed by atoms with Gasteiger partial charge in [-0.05, 0) is 12.1 Å². The standard InChI is InChI=1S/C13H13N5O2/c14-9-3-12-11(18-13(19)6-20-12)4-10(9)16-5-8-1-2-15-7-17-8/h1-4,7,16H,5-6,14H2,(H,18,19). The highest BCUT2D eigenvalue weighted by Gasteiger charge is 2.17. The normalized spacial score (nSPS) is 13.1. The second-order valence-corrected chi connectivity index (χ2v) is 4.33. The number of nitrogen functional groups attached to an aromatic ring is 1. The first-order valence-corrected chi connectivity index (χ1v) is 6.07. The maximum absolute atomic E-state index is 11.3. The van der Waals surface area contributed by atoms with Crippen LogP contribution in [0.4, 0.5) is 17.1 Å². The predicted molar refractivity (Wildman–Crippen MR) is 74.3 cm³/mol. The van der Waals surface area contributed by atoms with Gasteiger partial charge >= 0.3 is 0 Å². The molecule has 0 unspecified atom stereocenters. The van der Waals surface area contributed by atoms with Crippen molar-refractivity contribution in [1.29, 1.82) is 0 Å². The van der Waals surface area contributed by atoms with E-state index in [2.05, 4.69) is 20.6 Å². The fourth-order valence-corrected chi connectivity index (χ4v) is 1.90. The highest BCUT2D eigenvalue weighted by atomic mass is 16.5. The zero-order chi connectivity index (χ0) is 13.9. The SMILES string of the molecule is Nc1cc2c(cc1NCc1ccncn1)NC(=O)CO2. The van der Waals surface area contributed by atoms with Crippen molar-refractivity contribution < 1.29 is 9.53 Å². The van der Waals surface area contributed by atoms with Gasteiger partial charge in [-0.1, -0.05) is 0 Å². The molecule has 3 rings (SSSR count). The maximum atomic E-state index is 11.3. The number of nitrogens with one attached hydrogen (secondary N) is 2. The minimum atomic E-state index is -0.177. The van der Waals surface area contributed by atoms with Gasteiger partial charge in [-0.25, -0.2) is 9.97 Å². The molecule has 2 aromatic rings. The number of amides is 1. The molecule has 7 heteroatoms. The Kier molecular flexibility index (Phi) is 3.08. The number of rotatable bonds is 3. The molecule has 0 fully saturated rings. The van der Waals surface area contributed by atoms with E-state index in [1.165, 1.54) is 6.33 Å². The number of ether oxygens (including phenoxy) is 1. The number of fused-ring (bicyclic) bond motifs is 1. The molecule has 0 atom stereocenters. The van der Waals surface area contributed by atoms with Gasteiger partial charge < -0.3 is 21.1 Å². The summed E-state index contributed by atoms with van der Waals surface area (Å²) < 4.78 is 5.29. The van der Waals surface area contributed by atoms with E-state index in [1.54, 1.807) is 18.3 Å². The second kappa shape index (κ2) is 5.04. The van der Waals surface area contributed by atoms with Crippen molar-refractivity contribution in [3.05, 3.63) is 36.4 Å². The van der Waals surface area contributed by atoms with Crippen molar-refractivity contribution in [3.8, 4) is 5.75 Å². The number of hydrogen-bond acceptors (Lipinski definition) is 6. The Labute approximate surface area is 115 Å². The third-order valence-corrected chi connectivity index (χ3v) is 2.89. The van der Waals surface area contributed by atoms with Crippen LogP contribution in [-0.2, 0) is 11.3 Å². The maximum Gasteiger partial charge on any atom is 0.262 e. The third-order valence-electron chi connectivity index (χ3n) is 2.89. The average Bonchev–Trinajstić information content (AvgIpc) is 2.46. The van der Waals surface area contributed by atoms with Crippen LogP contribution in [-0.4, -0.2) is 22.5 Å². The first-order chi connectivity index (χ1) is 9.72. The van der Waals surface area contributed by atoms with Crippen molar-refractivity contribution in [2.24, 2.45) is 0 Å². The van der Waals surface area contributed by atoms with Crippen LogP contribution in [0.3, 0.4) is 0 Å². The van der Waals surface area contributed by atoms with Gasteiger partial charge in [0.2, 0.25) is 0 Å². The van der Waals surface area contributed by atoms with Gasteiger partial charge in [-0.15, -0.1) is 0 Å². The molecule has 2 heterocycles. The van der Waals surface area contributed by atoms with E-state index >= 15 is 0 Å². The summed E-state index contributed by atoms with van der Waals surface area (Å²) in [5, 5.41) is 5.91. The van der Waals surface area contributed by atoms with Crippen LogP contribution in [0, 0.1) is 0 Å². The van der Waals surface area contributed by atoms with E-state index in [1.807, 2.05) is 6.07 Å². The van der Waals surface area contributed by atoms with Crippen LogP contribution in [0.5, 0.6) is 5.75 Å². The zero-order valence-electron chi connectivity index (χ0n) is 10.6. The van der Waals surface area contributed by atoms with Crippen molar-refractivity contribution in [2.75, 3.05) is 23.0 Å². The number of aromatic nitrogens is 2. The summed E-state index contributed by atoms with van der Waals surface area (Å²) in [7, 11) is 0. The first-order valence-electron chi connectivity index (χ1n) is 6.07. The van der Waals surface area contributed by atoms with Crippen LogP contribution in [0.25, 0.3) is 0 Å². The molecule has 0 bridgehead atoms. The Hall–Kier alpha value is -2.83. The molecule has 1 amide bonds. The Morgan fingerprint density at radius 3 is 3.15 bits per heavy atom. The molecule has 20 heavy (non-hydrogen) atoms. The van der Waals surface area contributed by atoms with Crippen LogP contribution in [0.2, 0.25) is 0 Å². The smallest absolute Gasteiger partial charge is 0.262 e. The highest BCUT2D eigenvalue weighted by molar-refractivity contribution is 5.97. The van der Waals surface area contributed by atoms with Crippen molar-refractivity contribution >= 4 is 23.0 Å². The molecule has 1 aliphatic rings. The van der Waals surface area contributed by atoms with Gasteiger partial charge in [0.1, 0.15) is 12.1 Å². The van der Waals surface area contributed by atoms with Gasteiger partial charge in [0.05, 0.1) is 29.3 Å². The van der Waals surface area contributed by atoms with E-state index in [0.717, 1.165) is 5.69 Å². The lowest BCUT2D eigenvalue weighted by Gasteiger charge is -2.20. The molecule has 0 radical (unpaired) electrons. The lowest BCUT2D eigenvalue weighted by atomic mass is 10.2. The number of hydrogen-bond donors (Lipinski definition) is 3. The van der Waals surface area contributed by atoms with Gasteiger partial charge in [0.15, 0.2) is 6.61 Å². The van der Waals surface area contributed by atoms with Gasteiger partial charge in [-0.3, -0.25) is 4.79 Å². The molecule has 1 aromatic heterocycles. The minimum absolute atomic E-state index is 0.0140. The summed E-state index contributed by atoms with van der Waals surface area (Å²) in [6, 6.07) is 5.26. The predicted octanol–water partition coefficient (Wildman–Crippen LogP) is 1.00. The van der Waals surface area contributed by atoms with E-state index in [9.17, 15) is 4.79 Å². The topological polar surface area (TPSA) is 102 Å². The summed E-state index contributed by atoms with van der Waals surface area (Å²) in [6.07, 6.45) is 3.16. The summed E-state index contributed by atoms with van der Waals surface area (Å²) in [5.74, 6) is 0.402. The Morgan fingerprint density at radius 2 is 2.35 bits per heavy atom. The summed E-state index contributed by atoms with van der Waals surface area (Å²) in [6.45, 7) is 0.528. The fourth-order valence-electron chi connectivity index (χ4n) is 1.90. The summed E-state index contributed by atoms with van der Waals surface area (Å²) in [5.41, 5.74) is 8.68. The Morgan fingerprint density at radius 1 is 1.45 bits per heavy atom. The molecule has 0 spiro atoms. The lowest BCUT2D eigenvalue weighted by Crippen LogP contribution is -2.25. The fraction of sp³-hybridized carbons (Fsp3) is 0.154. The van der Waals surface area contributed by atoms with Crippen LogP contribution in [0.15, 0.2) is 30.7 Å². The molecule has 1 aromatic carbocycles. The third kappa shape index (κ3) is 2.46. The molecule has 1 aliphatic heterocycles. The first kappa shape index (κ1) is 12.2. The highest BCUT2D eigenvalue weighted by Crippen LogP contribution is 2.35. The second-order valence-electron chi connectivity index (χ2n) is 4.33. The molecule has 0 aliphatic carbocycles. The quantitative estimate of drug-likeness (QED) is 0.720. The molecule has 4 N–H and O–H groups in total. The van der Waals surface area contributed by atoms with E-state index in [4.69, 9.17) is 10.5 Å². The van der Waals surface area contributed by atoms with E-state index < -0.39 is 0 Å². The number of anilines is 3. The van der Waals surface area contributed by atoms with E-state index in [-0.39, 0.29) is 12.5 Å². The Bertz CT molecular complexity index is 645. The zero-order valence-corrected chi connectivity index (χ0v) is 10.6. The molecule has 0 saturated carbocycles. The molecule has 102 valence electrons. The summed E-state index contributed by atoms with van der Waals surface area (Å²) >= 11 is 0. The van der Waals surface area contributed by atoms with E-state index in [0.29, 0.717) is 29.4 Å². The molecule has 7 nitrogen and oxygen atoms in total. The van der Waals surface area contributed by atoms with Gasteiger partial charge in [-0.2, -0.15) is 0 Å².